The van der Waals surface area contributed by atoms with Crippen molar-refractivity contribution in [3.8, 4) is 5.75 Å². The zero-order valence-corrected chi connectivity index (χ0v) is 18.0. The smallest absolute Gasteiger partial charge is 0.312 e. The molecule has 0 amide bonds. The van der Waals surface area contributed by atoms with Crippen LogP contribution in [0.15, 0.2) is 27.6 Å². The number of nitrogens with zero attached hydrogens (tertiary/aromatic N) is 4. The molecule has 1 atom stereocenters. The minimum absolute atomic E-state index is 0.0936. The van der Waals surface area contributed by atoms with E-state index in [0.717, 1.165) is 6.07 Å². The summed E-state index contributed by atoms with van der Waals surface area (Å²) >= 11 is 0. The van der Waals surface area contributed by atoms with Crippen LogP contribution in [-0.4, -0.2) is 54.1 Å². The maximum absolute atomic E-state index is 12.8. The number of benzene rings is 1. The zero-order valence-electron chi connectivity index (χ0n) is 17.2. The number of sulfonamides is 1. The van der Waals surface area contributed by atoms with E-state index in [1.54, 1.807) is 6.92 Å². The van der Waals surface area contributed by atoms with E-state index in [1.807, 2.05) is 20.8 Å². The molecule has 1 aliphatic heterocycles. The molecule has 0 unspecified atom stereocenters. The molecule has 1 fully saturated rings. The number of morpholine rings is 1. The Bertz CT molecular complexity index is 1020. The van der Waals surface area contributed by atoms with E-state index in [9.17, 15) is 18.5 Å². The van der Waals surface area contributed by atoms with E-state index >= 15 is 0 Å². The lowest BCUT2D eigenvalue weighted by atomic mass is 9.96. The Hall–Kier alpha value is -2.57. The van der Waals surface area contributed by atoms with Gasteiger partial charge in [-0.15, -0.1) is 0 Å². The Balaban J connectivity index is 1.87. The summed E-state index contributed by atoms with van der Waals surface area (Å²) in [5.74, 6) is 0.553. The monoisotopic (exact) mass is 440 g/mol. The van der Waals surface area contributed by atoms with E-state index in [2.05, 4.69) is 10.1 Å². The SMILES string of the molecule is C[C@@H](Oc1ccc(S(=O)(=O)N2CCOCC2)cc1[N+](=O)[O-])c1nc(C(C)(C)C)no1. The highest BCUT2D eigenvalue weighted by Gasteiger charge is 2.30. The summed E-state index contributed by atoms with van der Waals surface area (Å²) < 4.78 is 42.9. The van der Waals surface area contributed by atoms with E-state index in [0.29, 0.717) is 5.82 Å². The van der Waals surface area contributed by atoms with Gasteiger partial charge in [0, 0.05) is 24.6 Å². The molecule has 30 heavy (non-hydrogen) atoms. The van der Waals surface area contributed by atoms with Gasteiger partial charge in [-0.05, 0) is 19.1 Å². The largest absolute Gasteiger partial charge is 0.474 e. The fourth-order valence-electron chi connectivity index (χ4n) is 2.78. The quantitative estimate of drug-likeness (QED) is 0.489. The Morgan fingerprint density at radius 3 is 2.50 bits per heavy atom. The van der Waals surface area contributed by atoms with Crippen molar-refractivity contribution in [2.24, 2.45) is 0 Å². The highest BCUT2D eigenvalue weighted by Crippen LogP contribution is 2.34. The second-order valence-electron chi connectivity index (χ2n) is 7.87. The molecule has 2 heterocycles. The van der Waals surface area contributed by atoms with Gasteiger partial charge in [0.15, 0.2) is 17.7 Å². The van der Waals surface area contributed by atoms with E-state index < -0.39 is 26.7 Å². The normalized spacial score (nSPS) is 16.9. The van der Waals surface area contributed by atoms with Crippen LogP contribution < -0.4 is 4.74 Å². The molecule has 1 aromatic carbocycles. The third kappa shape index (κ3) is 4.60. The molecule has 164 valence electrons. The first-order valence-corrected chi connectivity index (χ1v) is 10.8. The summed E-state index contributed by atoms with van der Waals surface area (Å²) in [4.78, 5) is 15.0. The van der Waals surface area contributed by atoms with Crippen molar-refractivity contribution in [2.75, 3.05) is 26.3 Å². The minimum Gasteiger partial charge on any atom is -0.474 e. The zero-order chi connectivity index (χ0) is 22.1. The topological polar surface area (TPSA) is 138 Å². The summed E-state index contributed by atoms with van der Waals surface area (Å²) in [6.45, 7) is 8.32. The van der Waals surface area contributed by atoms with Gasteiger partial charge in [-0.3, -0.25) is 10.1 Å². The third-order valence-electron chi connectivity index (χ3n) is 4.50. The number of nitro benzene ring substituents is 1. The van der Waals surface area contributed by atoms with Crippen LogP contribution in [0, 0.1) is 10.1 Å². The second-order valence-corrected chi connectivity index (χ2v) is 9.81. The van der Waals surface area contributed by atoms with Crippen molar-refractivity contribution in [1.82, 2.24) is 14.4 Å². The van der Waals surface area contributed by atoms with Crippen molar-refractivity contribution < 1.29 is 27.3 Å². The molecule has 0 saturated carbocycles. The fraction of sp³-hybridized carbons (Fsp3) is 0.556. The summed E-state index contributed by atoms with van der Waals surface area (Å²) in [6, 6.07) is 3.55. The standard InChI is InChI=1S/C18H24N4O7S/c1-12(16-19-17(20-29-16)18(2,3)4)28-15-6-5-13(11-14(15)22(23)24)30(25,26)21-7-9-27-10-8-21/h5-6,11-12H,7-10H2,1-4H3/t12-/m1/s1. The van der Waals surface area contributed by atoms with E-state index in [-0.39, 0.29) is 48.3 Å². The van der Waals surface area contributed by atoms with Crippen LogP contribution in [0.25, 0.3) is 0 Å². The lowest BCUT2D eigenvalue weighted by molar-refractivity contribution is -0.386. The molecule has 1 saturated heterocycles. The van der Waals surface area contributed by atoms with Crippen LogP contribution in [-0.2, 0) is 20.2 Å². The molecule has 12 heteroatoms. The second kappa shape index (κ2) is 8.28. The molecule has 1 aromatic heterocycles. The molecular formula is C18H24N4O7S. The molecule has 0 bridgehead atoms. The van der Waals surface area contributed by atoms with Crippen LogP contribution >= 0.6 is 0 Å². The predicted molar refractivity (Wildman–Crippen MR) is 105 cm³/mol. The van der Waals surface area contributed by atoms with Crippen LogP contribution in [0.1, 0.15) is 45.5 Å². The first-order chi connectivity index (χ1) is 14.0. The van der Waals surface area contributed by atoms with E-state index in [4.69, 9.17) is 14.0 Å². The maximum Gasteiger partial charge on any atom is 0.312 e. The maximum atomic E-state index is 12.8. The minimum atomic E-state index is -3.88. The molecule has 2 aromatic rings. The van der Waals surface area contributed by atoms with Gasteiger partial charge in [0.1, 0.15) is 0 Å². The van der Waals surface area contributed by atoms with Gasteiger partial charge in [0.05, 0.1) is 23.0 Å². The van der Waals surface area contributed by atoms with Gasteiger partial charge >= 0.3 is 5.69 Å². The van der Waals surface area contributed by atoms with Crippen molar-refractivity contribution >= 4 is 15.7 Å². The van der Waals surface area contributed by atoms with E-state index in [1.165, 1.54) is 16.4 Å². The van der Waals surface area contributed by atoms with Gasteiger partial charge in [0.25, 0.3) is 5.89 Å². The average molecular weight is 440 g/mol. The van der Waals surface area contributed by atoms with Gasteiger partial charge < -0.3 is 14.0 Å². The van der Waals surface area contributed by atoms with Crippen molar-refractivity contribution in [2.45, 2.75) is 44.1 Å². The van der Waals surface area contributed by atoms with Gasteiger partial charge in [-0.1, -0.05) is 25.9 Å². The Labute approximate surface area is 174 Å². The Morgan fingerprint density at radius 2 is 1.93 bits per heavy atom. The molecule has 0 radical (unpaired) electrons. The third-order valence-corrected chi connectivity index (χ3v) is 6.39. The number of rotatable bonds is 6. The fourth-order valence-corrected chi connectivity index (χ4v) is 4.21. The van der Waals surface area contributed by atoms with Crippen molar-refractivity contribution in [3.63, 3.8) is 0 Å². The summed E-state index contributed by atoms with van der Waals surface area (Å²) in [7, 11) is -3.88. The van der Waals surface area contributed by atoms with Gasteiger partial charge in [-0.25, -0.2) is 8.42 Å². The molecule has 11 nitrogen and oxygen atoms in total. The van der Waals surface area contributed by atoms with Crippen molar-refractivity contribution in [1.29, 1.82) is 0 Å². The van der Waals surface area contributed by atoms with Crippen LogP contribution in [0.4, 0.5) is 5.69 Å². The number of aromatic nitrogens is 2. The van der Waals surface area contributed by atoms with Crippen LogP contribution in [0.2, 0.25) is 0 Å². The number of ether oxygens (including phenoxy) is 2. The molecule has 1 aliphatic rings. The number of hydrogen-bond acceptors (Lipinski definition) is 9. The number of nitro groups is 1. The van der Waals surface area contributed by atoms with Crippen LogP contribution in [0.3, 0.4) is 0 Å². The molecule has 0 N–H and O–H groups in total. The average Bonchev–Trinajstić information content (AvgIpc) is 3.19. The number of hydrogen-bond donors (Lipinski definition) is 0. The van der Waals surface area contributed by atoms with Gasteiger partial charge in [-0.2, -0.15) is 9.29 Å². The summed E-state index contributed by atoms with van der Waals surface area (Å²) in [5.41, 5.74) is -0.796. The van der Waals surface area contributed by atoms with Crippen LogP contribution in [0.5, 0.6) is 5.75 Å². The molecular weight excluding hydrogens is 416 g/mol. The summed E-state index contributed by atoms with van der Waals surface area (Å²) in [5, 5.41) is 15.5. The predicted octanol–water partition coefficient (Wildman–Crippen LogP) is 2.44. The highest BCUT2D eigenvalue weighted by molar-refractivity contribution is 7.89. The lowest BCUT2D eigenvalue weighted by Crippen LogP contribution is -2.40. The lowest BCUT2D eigenvalue weighted by Gasteiger charge is -2.26. The Morgan fingerprint density at radius 1 is 1.27 bits per heavy atom. The summed E-state index contributed by atoms with van der Waals surface area (Å²) in [6.07, 6.45) is -0.769. The Kier molecular flexibility index (Phi) is 6.11. The first-order valence-electron chi connectivity index (χ1n) is 9.37. The molecule has 3 rings (SSSR count). The van der Waals surface area contributed by atoms with Gasteiger partial charge in [0.2, 0.25) is 10.0 Å². The van der Waals surface area contributed by atoms with Crippen molar-refractivity contribution in [3.05, 3.63) is 40.0 Å². The first kappa shape index (κ1) is 22.1. The molecule has 0 aliphatic carbocycles. The highest BCUT2D eigenvalue weighted by atomic mass is 32.2. The molecule has 0 spiro atoms.